The maximum atomic E-state index is 9.28. The monoisotopic (exact) mass is 261 g/mol. The summed E-state index contributed by atoms with van der Waals surface area (Å²) in [7, 11) is 0. The number of hydrogen-bond acceptors (Lipinski definition) is 5. The van der Waals surface area contributed by atoms with Crippen molar-refractivity contribution in [3.63, 3.8) is 0 Å². The van der Waals surface area contributed by atoms with Crippen LogP contribution in [-0.2, 0) is 11.3 Å². The van der Waals surface area contributed by atoms with Gasteiger partial charge in [0.25, 0.3) is 0 Å². The highest BCUT2D eigenvalue weighted by molar-refractivity contribution is 5.25. The number of morpholine rings is 1. The number of nitriles is 1. The van der Waals surface area contributed by atoms with Crippen molar-refractivity contribution in [1.82, 2.24) is 9.88 Å². The highest BCUT2D eigenvalue weighted by Crippen LogP contribution is 2.22. The molecule has 1 N–H and O–H groups in total. The van der Waals surface area contributed by atoms with Crippen LogP contribution in [0.4, 0.5) is 0 Å². The third-order valence-electron chi connectivity index (χ3n) is 3.10. The van der Waals surface area contributed by atoms with Crippen LogP contribution in [0.15, 0.2) is 18.3 Å². The summed E-state index contributed by atoms with van der Waals surface area (Å²) in [5.41, 5.74) is 1.22. The van der Waals surface area contributed by atoms with Crippen molar-refractivity contribution in [1.29, 1.82) is 5.26 Å². The summed E-state index contributed by atoms with van der Waals surface area (Å²) in [6.45, 7) is 6.31. The largest absolute Gasteiger partial charge is 0.394 e. The number of rotatable bonds is 3. The minimum Gasteiger partial charge on any atom is -0.394 e. The number of pyridine rings is 1. The van der Waals surface area contributed by atoms with Crippen LogP contribution in [0.1, 0.15) is 25.1 Å². The van der Waals surface area contributed by atoms with Crippen molar-refractivity contribution in [2.24, 2.45) is 0 Å². The first-order valence-electron chi connectivity index (χ1n) is 6.38. The number of nitrogens with zero attached hydrogens (tertiary/aromatic N) is 3. The van der Waals surface area contributed by atoms with Gasteiger partial charge in [0.2, 0.25) is 0 Å². The van der Waals surface area contributed by atoms with Crippen LogP contribution in [0.5, 0.6) is 0 Å². The van der Waals surface area contributed by atoms with Crippen molar-refractivity contribution in [2.45, 2.75) is 32.1 Å². The number of aliphatic hydroxyl groups is 1. The summed E-state index contributed by atoms with van der Waals surface area (Å²) in [5, 5.41) is 18.1. The van der Waals surface area contributed by atoms with E-state index < -0.39 is 0 Å². The van der Waals surface area contributed by atoms with E-state index in [0.29, 0.717) is 12.2 Å². The first-order chi connectivity index (χ1) is 9.02. The normalized spacial score (nSPS) is 22.9. The molecule has 0 aromatic carbocycles. The smallest absolute Gasteiger partial charge is 0.140 e. The van der Waals surface area contributed by atoms with Crippen LogP contribution in [0.2, 0.25) is 0 Å². The van der Waals surface area contributed by atoms with E-state index in [0.717, 1.165) is 18.7 Å². The molecule has 1 atom stereocenters. The summed E-state index contributed by atoms with van der Waals surface area (Å²) in [6, 6.07) is 5.76. The number of aliphatic hydroxyl groups excluding tert-OH is 1. The summed E-state index contributed by atoms with van der Waals surface area (Å²) in [5.74, 6) is 0. The van der Waals surface area contributed by atoms with Crippen molar-refractivity contribution < 1.29 is 9.84 Å². The molecular formula is C14H19N3O2. The molecule has 1 unspecified atom stereocenters. The number of ether oxygens (including phenoxy) is 1. The Morgan fingerprint density at radius 1 is 1.63 bits per heavy atom. The Hall–Kier alpha value is -1.48. The zero-order chi connectivity index (χ0) is 13.9. The highest BCUT2D eigenvalue weighted by Gasteiger charge is 2.32. The lowest BCUT2D eigenvalue weighted by atomic mass is 10.0. The van der Waals surface area contributed by atoms with E-state index in [9.17, 15) is 5.11 Å². The van der Waals surface area contributed by atoms with E-state index in [1.807, 2.05) is 26.0 Å². The van der Waals surface area contributed by atoms with Gasteiger partial charge in [0.1, 0.15) is 11.8 Å². The molecular weight excluding hydrogens is 242 g/mol. The van der Waals surface area contributed by atoms with Crippen molar-refractivity contribution in [3.05, 3.63) is 29.6 Å². The molecule has 1 saturated heterocycles. The Labute approximate surface area is 113 Å². The van der Waals surface area contributed by atoms with Gasteiger partial charge in [-0.05, 0) is 31.5 Å². The topological polar surface area (TPSA) is 69.4 Å². The molecule has 1 aliphatic rings. The maximum absolute atomic E-state index is 9.28. The lowest BCUT2D eigenvalue weighted by Gasteiger charge is -2.42. The quantitative estimate of drug-likeness (QED) is 0.876. The van der Waals surface area contributed by atoms with Gasteiger partial charge in [-0.2, -0.15) is 5.26 Å². The Bertz CT molecular complexity index is 482. The lowest BCUT2D eigenvalue weighted by Crippen LogP contribution is -2.53. The second-order valence-corrected chi connectivity index (χ2v) is 5.51. The Morgan fingerprint density at radius 3 is 3.11 bits per heavy atom. The molecule has 1 aromatic heterocycles. The Morgan fingerprint density at radius 2 is 2.42 bits per heavy atom. The minimum atomic E-state index is -0.267. The van der Waals surface area contributed by atoms with E-state index in [4.69, 9.17) is 10.00 Å². The average Bonchev–Trinajstić information content (AvgIpc) is 2.37. The first-order valence-corrected chi connectivity index (χ1v) is 6.38. The van der Waals surface area contributed by atoms with Crippen LogP contribution < -0.4 is 0 Å². The molecule has 0 radical (unpaired) electrons. The molecule has 2 heterocycles. The van der Waals surface area contributed by atoms with Crippen LogP contribution in [0, 0.1) is 11.3 Å². The second-order valence-electron chi connectivity index (χ2n) is 5.51. The molecule has 19 heavy (non-hydrogen) atoms. The average molecular weight is 261 g/mol. The molecule has 5 heteroatoms. The molecule has 2 rings (SSSR count). The van der Waals surface area contributed by atoms with Crippen LogP contribution in [0.25, 0.3) is 0 Å². The van der Waals surface area contributed by atoms with E-state index in [1.165, 1.54) is 0 Å². The third-order valence-corrected chi connectivity index (χ3v) is 3.10. The van der Waals surface area contributed by atoms with Gasteiger partial charge in [0.05, 0.1) is 18.3 Å². The standard InChI is InChI=1S/C14H19N3O2/c1-14(2)10-17(8-13(9-18)19-14)7-11-3-4-16-12(5-11)6-15/h3-5,13,18H,7-10H2,1-2H3. The van der Waals surface area contributed by atoms with Gasteiger partial charge >= 0.3 is 0 Å². The predicted octanol–water partition coefficient (Wildman–Crippen LogP) is 0.925. The van der Waals surface area contributed by atoms with Crippen LogP contribution in [0.3, 0.4) is 0 Å². The van der Waals surface area contributed by atoms with E-state index >= 15 is 0 Å². The first kappa shape index (κ1) is 13.9. The van der Waals surface area contributed by atoms with Gasteiger partial charge in [0.15, 0.2) is 0 Å². The summed E-state index contributed by atoms with van der Waals surface area (Å²) in [6.07, 6.45) is 1.50. The number of hydrogen-bond donors (Lipinski definition) is 1. The van der Waals surface area contributed by atoms with Crippen LogP contribution in [-0.4, -0.2) is 46.4 Å². The summed E-state index contributed by atoms with van der Waals surface area (Å²) >= 11 is 0. The van der Waals surface area contributed by atoms with Crippen LogP contribution >= 0.6 is 0 Å². The lowest BCUT2D eigenvalue weighted by molar-refractivity contribution is -0.150. The maximum Gasteiger partial charge on any atom is 0.140 e. The fraction of sp³-hybridized carbons (Fsp3) is 0.571. The van der Waals surface area contributed by atoms with Gasteiger partial charge in [-0.15, -0.1) is 0 Å². The molecule has 5 nitrogen and oxygen atoms in total. The van der Waals surface area contributed by atoms with Gasteiger partial charge in [-0.1, -0.05) is 0 Å². The molecule has 1 fully saturated rings. The zero-order valence-electron chi connectivity index (χ0n) is 11.3. The minimum absolute atomic E-state index is 0.0275. The highest BCUT2D eigenvalue weighted by atomic mass is 16.5. The van der Waals surface area contributed by atoms with Crippen molar-refractivity contribution in [2.75, 3.05) is 19.7 Å². The molecule has 0 spiro atoms. The summed E-state index contributed by atoms with van der Waals surface area (Å²) < 4.78 is 5.78. The molecule has 1 aromatic rings. The van der Waals surface area contributed by atoms with Crippen molar-refractivity contribution >= 4 is 0 Å². The summed E-state index contributed by atoms with van der Waals surface area (Å²) in [4.78, 5) is 6.20. The Kier molecular flexibility index (Phi) is 4.15. The van der Waals surface area contributed by atoms with Gasteiger partial charge in [-0.25, -0.2) is 4.98 Å². The number of aromatic nitrogens is 1. The van der Waals surface area contributed by atoms with Gasteiger partial charge in [-0.3, -0.25) is 4.90 Å². The SMILES string of the molecule is CC1(C)CN(Cc2ccnc(C#N)c2)CC(CO)O1. The van der Waals surface area contributed by atoms with E-state index in [2.05, 4.69) is 9.88 Å². The molecule has 1 aliphatic heterocycles. The molecule has 0 saturated carbocycles. The fourth-order valence-corrected chi connectivity index (χ4v) is 2.52. The van der Waals surface area contributed by atoms with Gasteiger partial charge < -0.3 is 9.84 Å². The second kappa shape index (κ2) is 5.66. The van der Waals surface area contributed by atoms with E-state index in [-0.39, 0.29) is 18.3 Å². The third kappa shape index (κ3) is 3.74. The molecule has 102 valence electrons. The zero-order valence-corrected chi connectivity index (χ0v) is 11.3. The van der Waals surface area contributed by atoms with E-state index in [1.54, 1.807) is 12.3 Å². The van der Waals surface area contributed by atoms with Gasteiger partial charge in [0, 0.05) is 25.8 Å². The molecule has 0 bridgehead atoms. The molecule has 0 aliphatic carbocycles. The fourth-order valence-electron chi connectivity index (χ4n) is 2.52. The van der Waals surface area contributed by atoms with Crippen molar-refractivity contribution in [3.8, 4) is 6.07 Å². The predicted molar refractivity (Wildman–Crippen MR) is 70.3 cm³/mol. The Balaban J connectivity index is 2.07. The molecule has 0 amide bonds.